The first-order chi connectivity index (χ1) is 11.4. The average Bonchev–Trinajstić information content (AvgIpc) is 2.54. The zero-order valence-corrected chi connectivity index (χ0v) is 14.3. The predicted molar refractivity (Wildman–Crippen MR) is 90.0 cm³/mol. The summed E-state index contributed by atoms with van der Waals surface area (Å²) in [6, 6.07) is 6.13. The van der Waals surface area contributed by atoms with Crippen molar-refractivity contribution in [2.75, 3.05) is 0 Å². The Hall–Kier alpha value is -2.30. The van der Waals surface area contributed by atoms with Gasteiger partial charge in [0.15, 0.2) is 0 Å². The monoisotopic (exact) mass is 327 g/mol. The van der Waals surface area contributed by atoms with Gasteiger partial charge in [0.05, 0.1) is 11.5 Å². The highest BCUT2D eigenvalue weighted by Gasteiger charge is 2.33. The first kappa shape index (κ1) is 16.6. The fourth-order valence-electron chi connectivity index (χ4n) is 3.14. The largest absolute Gasteiger partial charge is 0.348 e. The van der Waals surface area contributed by atoms with Crippen LogP contribution in [0.3, 0.4) is 0 Å². The number of carbonyl (C=O) groups is 1. The molecule has 1 aromatic carbocycles. The van der Waals surface area contributed by atoms with Gasteiger partial charge in [-0.2, -0.15) is 0 Å². The van der Waals surface area contributed by atoms with Gasteiger partial charge in [-0.25, -0.2) is 14.4 Å². The van der Waals surface area contributed by atoms with Crippen LogP contribution in [0.4, 0.5) is 4.39 Å². The number of fused-ring (bicyclic) bond motifs is 1. The lowest BCUT2D eigenvalue weighted by molar-refractivity contribution is -0.126. The molecule has 0 saturated carbocycles. The second-order valence-corrected chi connectivity index (χ2v) is 6.87. The molecule has 1 aliphatic carbocycles. The molecule has 4 nitrogen and oxygen atoms in total. The second-order valence-electron chi connectivity index (χ2n) is 6.87. The lowest BCUT2D eigenvalue weighted by Crippen LogP contribution is -2.42. The van der Waals surface area contributed by atoms with E-state index >= 15 is 0 Å². The lowest BCUT2D eigenvalue weighted by Gasteiger charge is -2.30. The van der Waals surface area contributed by atoms with Gasteiger partial charge in [0.1, 0.15) is 11.6 Å². The van der Waals surface area contributed by atoms with Crippen molar-refractivity contribution >= 4 is 5.91 Å². The number of carbonyl (C=O) groups excluding carboxylic acids is 1. The van der Waals surface area contributed by atoms with Gasteiger partial charge < -0.3 is 5.32 Å². The van der Waals surface area contributed by atoms with Crippen LogP contribution in [0.1, 0.15) is 55.4 Å². The van der Waals surface area contributed by atoms with E-state index in [9.17, 15) is 9.18 Å². The van der Waals surface area contributed by atoms with Crippen molar-refractivity contribution in [1.29, 1.82) is 0 Å². The van der Waals surface area contributed by atoms with Gasteiger partial charge in [-0.3, -0.25) is 4.79 Å². The minimum atomic E-state index is -0.814. The number of nitrogens with zero attached hydrogens (tertiary/aromatic N) is 2. The first-order valence-electron chi connectivity index (χ1n) is 8.27. The topological polar surface area (TPSA) is 54.9 Å². The van der Waals surface area contributed by atoms with Crippen molar-refractivity contribution in [3.8, 4) is 0 Å². The maximum atomic E-state index is 13.5. The highest BCUT2D eigenvalue weighted by Crippen LogP contribution is 2.30. The number of nitrogens with one attached hydrogen (secondary N) is 1. The standard InChI is InChI=1S/C19H22FN3O/c1-12-21-11-15-16(22-12)8-5-9-17(15)23-18(24)19(2,3)13-6-4-7-14(20)10-13/h4,6-7,10-11,17H,5,8-9H2,1-3H3,(H,23,24)/t17-/m0/s1. The Kier molecular flexibility index (Phi) is 4.35. The van der Waals surface area contributed by atoms with E-state index in [0.29, 0.717) is 5.56 Å². The molecule has 2 aromatic rings. The molecule has 126 valence electrons. The molecule has 0 bridgehead atoms. The molecule has 0 fully saturated rings. The van der Waals surface area contributed by atoms with Crippen LogP contribution < -0.4 is 5.32 Å². The third-order valence-corrected chi connectivity index (χ3v) is 4.72. The van der Waals surface area contributed by atoms with E-state index in [1.807, 2.05) is 27.0 Å². The van der Waals surface area contributed by atoms with Crippen LogP contribution in [0.25, 0.3) is 0 Å². The molecule has 1 N–H and O–H groups in total. The molecule has 0 unspecified atom stereocenters. The van der Waals surface area contributed by atoms with Gasteiger partial charge in [0.25, 0.3) is 0 Å². The molecule has 0 saturated heterocycles. The first-order valence-corrected chi connectivity index (χ1v) is 8.27. The number of halogens is 1. The quantitative estimate of drug-likeness (QED) is 0.940. The van der Waals surface area contributed by atoms with Gasteiger partial charge in [-0.05, 0) is 57.7 Å². The maximum absolute atomic E-state index is 13.5. The van der Waals surface area contributed by atoms with Crippen molar-refractivity contribution in [1.82, 2.24) is 15.3 Å². The molecule has 0 radical (unpaired) electrons. The van der Waals surface area contributed by atoms with Crippen molar-refractivity contribution in [2.24, 2.45) is 0 Å². The number of amides is 1. The average molecular weight is 327 g/mol. The molecule has 0 aliphatic heterocycles. The molecular weight excluding hydrogens is 305 g/mol. The second kappa shape index (κ2) is 6.30. The Morgan fingerprint density at radius 1 is 1.38 bits per heavy atom. The number of hydrogen-bond acceptors (Lipinski definition) is 3. The van der Waals surface area contributed by atoms with Crippen LogP contribution in [0.15, 0.2) is 30.5 Å². The third-order valence-electron chi connectivity index (χ3n) is 4.72. The van der Waals surface area contributed by atoms with Crippen LogP contribution in [0.2, 0.25) is 0 Å². The fraction of sp³-hybridized carbons (Fsp3) is 0.421. The molecule has 1 heterocycles. The molecule has 1 amide bonds. The Morgan fingerprint density at radius 2 is 2.17 bits per heavy atom. The molecule has 1 aliphatic rings. The number of aryl methyl sites for hydroxylation is 2. The highest BCUT2D eigenvalue weighted by atomic mass is 19.1. The van der Waals surface area contributed by atoms with Crippen molar-refractivity contribution in [3.63, 3.8) is 0 Å². The van der Waals surface area contributed by atoms with E-state index in [2.05, 4.69) is 15.3 Å². The maximum Gasteiger partial charge on any atom is 0.230 e. The number of hydrogen-bond donors (Lipinski definition) is 1. The summed E-state index contributed by atoms with van der Waals surface area (Å²) < 4.78 is 13.5. The molecule has 5 heteroatoms. The van der Waals surface area contributed by atoms with Crippen molar-refractivity contribution in [3.05, 3.63) is 58.9 Å². The molecule has 1 atom stereocenters. The summed E-state index contributed by atoms with van der Waals surface area (Å²) in [7, 11) is 0. The van der Waals surface area contributed by atoms with E-state index < -0.39 is 5.41 Å². The Bertz CT molecular complexity index is 773. The molecule has 1 aromatic heterocycles. The van der Waals surface area contributed by atoms with E-state index in [0.717, 1.165) is 36.3 Å². The van der Waals surface area contributed by atoms with Crippen LogP contribution >= 0.6 is 0 Å². The van der Waals surface area contributed by atoms with E-state index in [1.165, 1.54) is 12.1 Å². The number of rotatable bonds is 3. The lowest BCUT2D eigenvalue weighted by atomic mass is 9.82. The summed E-state index contributed by atoms with van der Waals surface area (Å²) in [5.74, 6) is 0.299. The predicted octanol–water partition coefficient (Wildman–Crippen LogP) is 3.40. The fourth-order valence-corrected chi connectivity index (χ4v) is 3.14. The normalized spacial score (nSPS) is 17.2. The summed E-state index contributed by atoms with van der Waals surface area (Å²) >= 11 is 0. The smallest absolute Gasteiger partial charge is 0.230 e. The molecule has 24 heavy (non-hydrogen) atoms. The van der Waals surface area contributed by atoms with Gasteiger partial charge in [0, 0.05) is 17.5 Å². The summed E-state index contributed by atoms with van der Waals surface area (Å²) in [4.78, 5) is 21.6. The van der Waals surface area contributed by atoms with Crippen LogP contribution in [-0.2, 0) is 16.6 Å². The van der Waals surface area contributed by atoms with E-state index in [4.69, 9.17) is 0 Å². The van der Waals surface area contributed by atoms with E-state index in [1.54, 1.807) is 12.1 Å². The summed E-state index contributed by atoms with van der Waals surface area (Å²) in [6.07, 6.45) is 4.58. The molecule has 3 rings (SSSR count). The number of aromatic nitrogens is 2. The van der Waals surface area contributed by atoms with Gasteiger partial charge >= 0.3 is 0 Å². The minimum Gasteiger partial charge on any atom is -0.348 e. The highest BCUT2D eigenvalue weighted by molar-refractivity contribution is 5.87. The van der Waals surface area contributed by atoms with Gasteiger partial charge in [-0.1, -0.05) is 12.1 Å². The van der Waals surface area contributed by atoms with Gasteiger partial charge in [-0.15, -0.1) is 0 Å². The van der Waals surface area contributed by atoms with Crippen LogP contribution in [0, 0.1) is 12.7 Å². The summed E-state index contributed by atoms with van der Waals surface area (Å²) in [5.41, 5.74) is 1.86. The molecular formula is C19H22FN3O. The molecule has 0 spiro atoms. The summed E-state index contributed by atoms with van der Waals surface area (Å²) in [5, 5.41) is 3.11. The van der Waals surface area contributed by atoms with E-state index in [-0.39, 0.29) is 17.8 Å². The number of benzene rings is 1. The van der Waals surface area contributed by atoms with Crippen molar-refractivity contribution < 1.29 is 9.18 Å². The minimum absolute atomic E-state index is 0.0883. The van der Waals surface area contributed by atoms with Crippen LogP contribution in [-0.4, -0.2) is 15.9 Å². The van der Waals surface area contributed by atoms with Crippen molar-refractivity contribution in [2.45, 2.75) is 51.5 Å². The van der Waals surface area contributed by atoms with Crippen LogP contribution in [0.5, 0.6) is 0 Å². The SMILES string of the molecule is Cc1ncc2c(n1)CCC[C@@H]2NC(=O)C(C)(C)c1cccc(F)c1. The zero-order chi connectivity index (χ0) is 17.3. The van der Waals surface area contributed by atoms with Gasteiger partial charge in [0.2, 0.25) is 5.91 Å². The zero-order valence-electron chi connectivity index (χ0n) is 14.3. The third kappa shape index (κ3) is 3.16. The Morgan fingerprint density at radius 3 is 2.92 bits per heavy atom. The Labute approximate surface area is 141 Å². The Balaban J connectivity index is 1.83. The summed E-state index contributed by atoms with van der Waals surface area (Å²) in [6.45, 7) is 5.49.